The van der Waals surface area contributed by atoms with Crippen LogP contribution in [0.5, 0.6) is 0 Å². The summed E-state index contributed by atoms with van der Waals surface area (Å²) >= 11 is 1.67. The first kappa shape index (κ1) is 17.3. The Morgan fingerprint density at radius 3 is 2.80 bits per heavy atom. The molecule has 128 valence electrons. The first-order valence-electron chi connectivity index (χ1n) is 8.45. The Morgan fingerprint density at radius 1 is 1.20 bits per heavy atom. The first-order valence-corrected chi connectivity index (χ1v) is 9.26. The van der Waals surface area contributed by atoms with Gasteiger partial charge in [-0.1, -0.05) is 54.5 Å². The van der Waals surface area contributed by atoms with E-state index in [0.29, 0.717) is 0 Å². The molecular weight excluding hydrogens is 328 g/mol. The maximum Gasteiger partial charge on any atom is 0.204 e. The second-order valence-electron chi connectivity index (χ2n) is 5.98. The summed E-state index contributed by atoms with van der Waals surface area (Å²) < 4.78 is 0. The van der Waals surface area contributed by atoms with E-state index in [-0.39, 0.29) is 0 Å². The molecular formula is C20H22N4S. The highest BCUT2D eigenvalue weighted by Crippen LogP contribution is 2.34. The van der Waals surface area contributed by atoms with Gasteiger partial charge >= 0.3 is 0 Å². The van der Waals surface area contributed by atoms with Crippen LogP contribution in [0.3, 0.4) is 0 Å². The van der Waals surface area contributed by atoms with E-state index in [1.54, 1.807) is 23.7 Å². The molecule has 1 aromatic carbocycles. The van der Waals surface area contributed by atoms with Crippen molar-refractivity contribution >= 4 is 22.7 Å². The van der Waals surface area contributed by atoms with E-state index in [9.17, 15) is 0 Å². The van der Waals surface area contributed by atoms with Gasteiger partial charge in [0.25, 0.3) is 0 Å². The Morgan fingerprint density at radius 2 is 2.08 bits per heavy atom. The third kappa shape index (κ3) is 4.31. The zero-order valence-electron chi connectivity index (χ0n) is 14.8. The number of rotatable bonds is 6. The Labute approximate surface area is 152 Å². The van der Waals surface area contributed by atoms with Crippen LogP contribution < -0.4 is 5.43 Å². The van der Waals surface area contributed by atoms with Gasteiger partial charge in [0.05, 0.1) is 17.6 Å². The number of hydrogen-bond acceptors (Lipinski definition) is 5. The van der Waals surface area contributed by atoms with Crippen LogP contribution in [0, 0.1) is 13.8 Å². The molecule has 0 bridgehead atoms. The van der Waals surface area contributed by atoms with E-state index in [1.807, 2.05) is 18.2 Å². The number of nitrogens with zero attached hydrogens (tertiary/aromatic N) is 3. The standard InChI is InChI=1S/C20H22N4S/c1-4-7-18-19(17-10-9-14(2)12-15(17)3)23-20(25-18)24-22-13-16-8-5-6-11-21-16/h5-6,8-13H,4,7H2,1-3H3,(H,23,24)/b22-13+. The molecule has 0 fully saturated rings. The van der Waals surface area contributed by atoms with Gasteiger partial charge in [0.2, 0.25) is 5.13 Å². The number of anilines is 1. The van der Waals surface area contributed by atoms with Crippen LogP contribution in [-0.2, 0) is 6.42 Å². The zero-order chi connectivity index (χ0) is 17.6. The highest BCUT2D eigenvalue weighted by atomic mass is 32.1. The predicted octanol–water partition coefficient (Wildman–Crippen LogP) is 5.22. The Bertz CT molecular complexity index is 869. The van der Waals surface area contributed by atoms with Crippen LogP contribution >= 0.6 is 11.3 Å². The molecule has 0 amide bonds. The van der Waals surface area contributed by atoms with Crippen molar-refractivity contribution in [2.75, 3.05) is 5.43 Å². The molecule has 4 nitrogen and oxygen atoms in total. The average Bonchev–Trinajstić information content (AvgIpc) is 2.99. The summed E-state index contributed by atoms with van der Waals surface area (Å²) in [7, 11) is 0. The lowest BCUT2D eigenvalue weighted by molar-refractivity contribution is 0.938. The number of aromatic nitrogens is 2. The summed E-state index contributed by atoms with van der Waals surface area (Å²) in [6.07, 6.45) is 5.57. The van der Waals surface area contributed by atoms with E-state index >= 15 is 0 Å². The highest BCUT2D eigenvalue weighted by Gasteiger charge is 2.14. The molecule has 0 aliphatic rings. The number of benzene rings is 1. The van der Waals surface area contributed by atoms with Gasteiger partial charge < -0.3 is 0 Å². The van der Waals surface area contributed by atoms with E-state index < -0.39 is 0 Å². The molecule has 0 saturated heterocycles. The molecule has 2 heterocycles. The van der Waals surface area contributed by atoms with E-state index in [1.165, 1.54) is 21.6 Å². The molecule has 25 heavy (non-hydrogen) atoms. The van der Waals surface area contributed by atoms with Gasteiger partial charge in [0, 0.05) is 16.6 Å². The Balaban J connectivity index is 1.85. The average molecular weight is 350 g/mol. The monoisotopic (exact) mass is 350 g/mol. The lowest BCUT2D eigenvalue weighted by Gasteiger charge is -2.06. The third-order valence-corrected chi connectivity index (χ3v) is 4.88. The minimum atomic E-state index is 0.811. The number of nitrogens with one attached hydrogen (secondary N) is 1. The van der Waals surface area contributed by atoms with Gasteiger partial charge in [0.15, 0.2) is 0 Å². The minimum absolute atomic E-state index is 0.811. The lowest BCUT2D eigenvalue weighted by atomic mass is 10.0. The van der Waals surface area contributed by atoms with Crippen molar-refractivity contribution in [1.82, 2.24) is 9.97 Å². The van der Waals surface area contributed by atoms with Gasteiger partial charge in [-0.3, -0.25) is 10.4 Å². The minimum Gasteiger partial charge on any atom is -0.255 e. The number of aryl methyl sites for hydroxylation is 3. The fourth-order valence-corrected chi connectivity index (χ4v) is 3.72. The molecule has 0 aliphatic carbocycles. The molecule has 0 radical (unpaired) electrons. The SMILES string of the molecule is CCCc1sc(N/N=C/c2ccccn2)nc1-c1ccc(C)cc1C. The largest absolute Gasteiger partial charge is 0.255 e. The predicted molar refractivity (Wildman–Crippen MR) is 106 cm³/mol. The van der Waals surface area contributed by atoms with E-state index in [2.05, 4.69) is 54.5 Å². The number of pyridine rings is 1. The quantitative estimate of drug-likeness (QED) is 0.490. The van der Waals surface area contributed by atoms with Crippen molar-refractivity contribution in [2.24, 2.45) is 5.10 Å². The van der Waals surface area contributed by atoms with Crippen LogP contribution in [0.25, 0.3) is 11.3 Å². The Kier molecular flexibility index (Phi) is 5.56. The van der Waals surface area contributed by atoms with Crippen molar-refractivity contribution < 1.29 is 0 Å². The molecule has 0 atom stereocenters. The smallest absolute Gasteiger partial charge is 0.204 e. The Hall–Kier alpha value is -2.53. The summed E-state index contributed by atoms with van der Waals surface area (Å²) in [5.41, 5.74) is 8.66. The molecule has 0 spiro atoms. The van der Waals surface area contributed by atoms with Crippen LogP contribution in [0.15, 0.2) is 47.7 Å². The van der Waals surface area contributed by atoms with Gasteiger partial charge in [-0.2, -0.15) is 5.10 Å². The summed E-state index contributed by atoms with van der Waals surface area (Å²) in [6.45, 7) is 6.45. The van der Waals surface area contributed by atoms with Crippen molar-refractivity contribution in [3.05, 3.63) is 64.3 Å². The van der Waals surface area contributed by atoms with Crippen molar-refractivity contribution in [3.63, 3.8) is 0 Å². The van der Waals surface area contributed by atoms with Crippen LogP contribution in [0.4, 0.5) is 5.13 Å². The van der Waals surface area contributed by atoms with Crippen molar-refractivity contribution in [3.8, 4) is 11.3 Å². The normalized spacial score (nSPS) is 11.2. The third-order valence-electron chi connectivity index (χ3n) is 3.86. The summed E-state index contributed by atoms with van der Waals surface area (Å²) in [5.74, 6) is 0. The van der Waals surface area contributed by atoms with E-state index in [4.69, 9.17) is 4.98 Å². The summed E-state index contributed by atoms with van der Waals surface area (Å²) in [5, 5.41) is 5.08. The topological polar surface area (TPSA) is 50.2 Å². The zero-order valence-corrected chi connectivity index (χ0v) is 15.6. The molecule has 0 saturated carbocycles. The first-order chi connectivity index (χ1) is 12.2. The van der Waals surface area contributed by atoms with Crippen LogP contribution in [-0.4, -0.2) is 16.2 Å². The van der Waals surface area contributed by atoms with E-state index in [0.717, 1.165) is 29.4 Å². The number of hydrogen-bond donors (Lipinski definition) is 1. The maximum absolute atomic E-state index is 4.79. The van der Waals surface area contributed by atoms with Crippen molar-refractivity contribution in [1.29, 1.82) is 0 Å². The van der Waals surface area contributed by atoms with Gasteiger partial charge in [0.1, 0.15) is 0 Å². The second kappa shape index (κ2) is 8.03. The molecule has 0 aliphatic heterocycles. The number of hydrazone groups is 1. The van der Waals surface area contributed by atoms with Crippen LogP contribution in [0.2, 0.25) is 0 Å². The molecule has 1 N–H and O–H groups in total. The fourth-order valence-electron chi connectivity index (χ4n) is 2.69. The van der Waals surface area contributed by atoms with Gasteiger partial charge in [-0.25, -0.2) is 4.98 Å². The van der Waals surface area contributed by atoms with Crippen molar-refractivity contribution in [2.45, 2.75) is 33.6 Å². The van der Waals surface area contributed by atoms with Gasteiger partial charge in [-0.05, 0) is 38.0 Å². The lowest BCUT2D eigenvalue weighted by Crippen LogP contribution is -1.92. The molecule has 5 heteroatoms. The highest BCUT2D eigenvalue weighted by molar-refractivity contribution is 7.16. The molecule has 0 unspecified atom stereocenters. The second-order valence-corrected chi connectivity index (χ2v) is 7.07. The molecule has 3 aromatic rings. The molecule has 2 aromatic heterocycles. The maximum atomic E-state index is 4.79. The van der Waals surface area contributed by atoms with Crippen LogP contribution in [0.1, 0.15) is 35.0 Å². The number of thiazole rings is 1. The van der Waals surface area contributed by atoms with Gasteiger partial charge in [-0.15, -0.1) is 0 Å². The fraction of sp³-hybridized carbons (Fsp3) is 0.250. The molecule has 3 rings (SSSR count). The summed E-state index contributed by atoms with van der Waals surface area (Å²) in [4.78, 5) is 10.3. The summed E-state index contributed by atoms with van der Waals surface area (Å²) in [6, 6.07) is 12.3.